The van der Waals surface area contributed by atoms with Crippen LogP contribution in [0.2, 0.25) is 22.2 Å². The van der Waals surface area contributed by atoms with E-state index in [1.165, 1.54) is 0 Å². The molecule has 0 aromatic rings. The Hall–Kier alpha value is -0.0262. The van der Waals surface area contributed by atoms with Crippen molar-refractivity contribution in [2.75, 3.05) is 13.2 Å². The van der Waals surface area contributed by atoms with E-state index in [9.17, 15) is 5.11 Å². The van der Waals surface area contributed by atoms with Crippen molar-refractivity contribution in [3.8, 4) is 0 Å². The molecule has 2 aliphatic rings. The van der Waals surface area contributed by atoms with Crippen molar-refractivity contribution in [2.45, 2.75) is 102 Å². The lowest BCUT2D eigenvalue weighted by Gasteiger charge is -2.52. The molecule has 158 valence electrons. The lowest BCUT2D eigenvalue weighted by molar-refractivity contribution is -0.0650. The Morgan fingerprint density at radius 1 is 1.00 bits per heavy atom. The summed E-state index contributed by atoms with van der Waals surface area (Å²) >= 11 is 0. The fourth-order valence-corrected chi connectivity index (χ4v) is 15.9. The summed E-state index contributed by atoms with van der Waals surface area (Å²) in [6.45, 7) is 22.0. The van der Waals surface area contributed by atoms with Gasteiger partial charge >= 0.3 is 17.1 Å². The van der Waals surface area contributed by atoms with Gasteiger partial charge in [0.2, 0.25) is 0 Å². The zero-order valence-electron chi connectivity index (χ0n) is 18.5. The van der Waals surface area contributed by atoms with E-state index in [1.54, 1.807) is 6.08 Å². The molecule has 2 rings (SSSR count). The Balaban J connectivity index is 2.56. The van der Waals surface area contributed by atoms with Crippen LogP contribution in [0.3, 0.4) is 0 Å². The Bertz CT molecular complexity index is 507. The van der Waals surface area contributed by atoms with Crippen molar-refractivity contribution in [1.82, 2.24) is 0 Å². The van der Waals surface area contributed by atoms with Crippen LogP contribution >= 0.6 is 0 Å². The minimum absolute atomic E-state index is 0.234. The van der Waals surface area contributed by atoms with Gasteiger partial charge in [-0.2, -0.15) is 0 Å². The average molecular weight is 417 g/mol. The predicted octanol–water partition coefficient (Wildman–Crippen LogP) is 4.65. The largest absolute Gasteiger partial charge is 0.414 e. The summed E-state index contributed by atoms with van der Waals surface area (Å²) in [6, 6.07) is 0. The van der Waals surface area contributed by atoms with Crippen LogP contribution in [0, 0.1) is 0 Å². The van der Waals surface area contributed by atoms with E-state index in [1.807, 2.05) is 0 Å². The fraction of sp³-hybridized carbons (Fsp3) is 0.900. The number of ether oxygens (including phenoxy) is 1. The van der Waals surface area contributed by atoms with Crippen LogP contribution in [0.5, 0.6) is 0 Å². The second-order valence-corrected chi connectivity index (χ2v) is 18.3. The Labute approximate surface area is 167 Å². The topological polar surface area (TPSA) is 57.2 Å². The highest BCUT2D eigenvalue weighted by Crippen LogP contribution is 2.48. The summed E-state index contributed by atoms with van der Waals surface area (Å²) in [7, 11) is -5.27. The SMILES string of the molecule is C=CC[C@@]1(O)COC2CO[Si](C(C)C)(C(C)C)O[Si](C(C)C)(C(C)C)O[C@H]21. The van der Waals surface area contributed by atoms with Crippen LogP contribution < -0.4 is 0 Å². The Morgan fingerprint density at radius 3 is 1.96 bits per heavy atom. The van der Waals surface area contributed by atoms with Crippen molar-refractivity contribution >= 4 is 17.1 Å². The molecule has 0 spiro atoms. The van der Waals surface area contributed by atoms with E-state index >= 15 is 0 Å². The maximum absolute atomic E-state index is 11.2. The van der Waals surface area contributed by atoms with Crippen LogP contribution in [0.1, 0.15) is 61.8 Å². The number of aliphatic hydroxyl groups is 1. The first-order valence-electron chi connectivity index (χ1n) is 10.4. The molecule has 2 aliphatic heterocycles. The molecule has 2 fully saturated rings. The quantitative estimate of drug-likeness (QED) is 0.504. The summed E-state index contributed by atoms with van der Waals surface area (Å²) < 4.78 is 26.7. The third kappa shape index (κ3) is 4.02. The molecule has 0 aromatic carbocycles. The number of hydrogen-bond acceptors (Lipinski definition) is 5. The van der Waals surface area contributed by atoms with Gasteiger partial charge < -0.3 is 22.8 Å². The lowest BCUT2D eigenvalue weighted by atomic mass is 9.93. The molecule has 2 saturated heterocycles. The van der Waals surface area contributed by atoms with Gasteiger partial charge in [0.15, 0.2) is 0 Å². The molecule has 1 unspecified atom stereocenters. The highest BCUT2D eigenvalue weighted by molar-refractivity contribution is 6.83. The van der Waals surface area contributed by atoms with Gasteiger partial charge in [0, 0.05) is 0 Å². The zero-order valence-corrected chi connectivity index (χ0v) is 20.5. The highest BCUT2D eigenvalue weighted by Gasteiger charge is 2.62. The fourth-order valence-electron chi connectivity index (χ4n) is 4.64. The molecule has 5 nitrogen and oxygen atoms in total. The van der Waals surface area contributed by atoms with Gasteiger partial charge in [-0.15, -0.1) is 6.58 Å². The van der Waals surface area contributed by atoms with E-state index in [2.05, 4.69) is 62.0 Å². The molecule has 27 heavy (non-hydrogen) atoms. The first-order valence-corrected chi connectivity index (χ1v) is 14.4. The summed E-state index contributed by atoms with van der Waals surface area (Å²) in [4.78, 5) is 0. The maximum Gasteiger partial charge on any atom is 0.335 e. The molecule has 7 heteroatoms. The second-order valence-electron chi connectivity index (χ2n) is 9.46. The summed E-state index contributed by atoms with van der Waals surface area (Å²) in [5, 5.41) is 11.2. The van der Waals surface area contributed by atoms with E-state index in [0.29, 0.717) is 24.1 Å². The second kappa shape index (κ2) is 8.38. The van der Waals surface area contributed by atoms with Gasteiger partial charge in [-0.05, 0) is 28.6 Å². The average Bonchev–Trinajstić information content (AvgIpc) is 2.82. The maximum atomic E-state index is 11.2. The third-order valence-electron chi connectivity index (χ3n) is 6.23. The van der Waals surface area contributed by atoms with Crippen molar-refractivity contribution in [2.24, 2.45) is 0 Å². The van der Waals surface area contributed by atoms with Crippen LogP contribution in [0.15, 0.2) is 12.7 Å². The monoisotopic (exact) mass is 416 g/mol. The first kappa shape index (κ1) is 23.3. The molecule has 0 bridgehead atoms. The molecule has 0 aliphatic carbocycles. The van der Waals surface area contributed by atoms with Gasteiger partial charge in [-0.25, -0.2) is 0 Å². The van der Waals surface area contributed by atoms with Crippen molar-refractivity contribution in [3.05, 3.63) is 12.7 Å². The summed E-state index contributed by atoms with van der Waals surface area (Å²) in [5.74, 6) is 0. The van der Waals surface area contributed by atoms with E-state index in [0.717, 1.165) is 0 Å². The van der Waals surface area contributed by atoms with Crippen molar-refractivity contribution in [3.63, 3.8) is 0 Å². The van der Waals surface area contributed by atoms with Gasteiger partial charge in [0.1, 0.15) is 17.8 Å². The van der Waals surface area contributed by atoms with Crippen LogP contribution in [-0.4, -0.2) is 53.3 Å². The molecular weight excluding hydrogens is 376 g/mol. The lowest BCUT2D eigenvalue weighted by Crippen LogP contribution is -2.67. The number of rotatable bonds is 6. The standard InChI is InChI=1S/C20H40O5Si2/c1-10-11-20(21)13-22-18-12-23-26(14(2)3,15(4)5)25-27(16(6)7,17(8)9)24-19(18)20/h10,14-19,21H,1,11-13H2,2-9H3/t18?,19-,20-/m1/s1. The molecule has 2 heterocycles. The normalized spacial score (nSPS) is 33.4. The molecule has 3 atom stereocenters. The minimum Gasteiger partial charge on any atom is -0.414 e. The minimum atomic E-state index is -2.72. The van der Waals surface area contributed by atoms with Crippen molar-refractivity contribution in [1.29, 1.82) is 0 Å². The van der Waals surface area contributed by atoms with E-state index in [-0.39, 0.29) is 23.8 Å². The molecule has 0 radical (unpaired) electrons. The molecular formula is C20H40O5Si2. The molecule has 0 amide bonds. The van der Waals surface area contributed by atoms with Gasteiger partial charge in [-0.3, -0.25) is 0 Å². The van der Waals surface area contributed by atoms with Crippen LogP contribution in [0.4, 0.5) is 0 Å². The number of hydrogen-bond donors (Lipinski definition) is 1. The predicted molar refractivity (Wildman–Crippen MR) is 113 cm³/mol. The van der Waals surface area contributed by atoms with Crippen molar-refractivity contribution < 1.29 is 22.8 Å². The molecule has 0 saturated carbocycles. The van der Waals surface area contributed by atoms with Crippen LogP contribution in [0.25, 0.3) is 0 Å². The smallest absolute Gasteiger partial charge is 0.335 e. The van der Waals surface area contributed by atoms with Gasteiger partial charge in [-0.1, -0.05) is 61.5 Å². The number of fused-ring (bicyclic) bond motifs is 1. The van der Waals surface area contributed by atoms with Crippen LogP contribution in [-0.2, 0) is 17.7 Å². The highest BCUT2D eigenvalue weighted by atomic mass is 28.5. The summed E-state index contributed by atoms with van der Waals surface area (Å²) in [5.41, 5.74) is -0.000135. The summed E-state index contributed by atoms with van der Waals surface area (Å²) in [6.07, 6.45) is 1.46. The molecule has 0 aromatic heterocycles. The Kier molecular flexibility index (Phi) is 7.22. The van der Waals surface area contributed by atoms with Gasteiger partial charge in [0.25, 0.3) is 0 Å². The third-order valence-corrected chi connectivity index (χ3v) is 16.5. The van der Waals surface area contributed by atoms with E-state index in [4.69, 9.17) is 17.7 Å². The Morgan fingerprint density at radius 2 is 1.52 bits per heavy atom. The molecule has 1 N–H and O–H groups in total. The van der Waals surface area contributed by atoms with Gasteiger partial charge in [0.05, 0.1) is 13.2 Å². The first-order chi connectivity index (χ1) is 12.4. The zero-order chi connectivity index (χ0) is 20.6. The van der Waals surface area contributed by atoms with E-state index < -0.39 is 28.8 Å².